The molecule has 21 heavy (non-hydrogen) atoms. The van der Waals surface area contributed by atoms with Crippen LogP contribution in [0, 0.1) is 6.92 Å². The summed E-state index contributed by atoms with van der Waals surface area (Å²) in [4.78, 5) is 4.42. The third-order valence-corrected chi connectivity index (χ3v) is 4.12. The first-order valence-electron chi connectivity index (χ1n) is 7.13. The second-order valence-corrected chi connectivity index (χ2v) is 5.69. The van der Waals surface area contributed by atoms with Crippen LogP contribution in [0.5, 0.6) is 0 Å². The van der Waals surface area contributed by atoms with Crippen molar-refractivity contribution >= 4 is 23.2 Å². The van der Waals surface area contributed by atoms with Gasteiger partial charge in [0, 0.05) is 19.2 Å². The van der Waals surface area contributed by atoms with Gasteiger partial charge in [-0.3, -0.25) is 9.67 Å². The van der Waals surface area contributed by atoms with Gasteiger partial charge in [-0.25, -0.2) is 0 Å². The van der Waals surface area contributed by atoms with Crippen molar-refractivity contribution in [3.63, 3.8) is 0 Å². The molecule has 2 aromatic rings. The second-order valence-electron chi connectivity index (χ2n) is 4.88. The molecule has 0 aromatic carbocycles. The van der Waals surface area contributed by atoms with Gasteiger partial charge in [0.25, 0.3) is 0 Å². The smallest absolute Gasteiger partial charge is 0.0847 e. The lowest BCUT2D eigenvalue weighted by Crippen LogP contribution is -2.25. The van der Waals surface area contributed by atoms with E-state index in [1.54, 1.807) is 6.20 Å². The molecular formula is C15H20Cl2N4. The van der Waals surface area contributed by atoms with Crippen LogP contribution in [0.4, 0.5) is 0 Å². The summed E-state index contributed by atoms with van der Waals surface area (Å²) < 4.78 is 1.96. The van der Waals surface area contributed by atoms with E-state index in [2.05, 4.69) is 29.2 Å². The highest BCUT2D eigenvalue weighted by molar-refractivity contribution is 6.31. The molecule has 1 unspecified atom stereocenters. The molecule has 0 aliphatic heterocycles. The molecular weight excluding hydrogens is 307 g/mol. The van der Waals surface area contributed by atoms with Crippen LogP contribution >= 0.6 is 23.2 Å². The lowest BCUT2D eigenvalue weighted by Gasteiger charge is -2.18. The molecule has 0 radical (unpaired) electrons. The fourth-order valence-electron chi connectivity index (χ4n) is 2.38. The summed E-state index contributed by atoms with van der Waals surface area (Å²) >= 11 is 12.3. The summed E-state index contributed by atoms with van der Waals surface area (Å²) in [6, 6.07) is 3.90. The lowest BCUT2D eigenvalue weighted by molar-refractivity contribution is 0.507. The fourth-order valence-corrected chi connectivity index (χ4v) is 2.70. The van der Waals surface area contributed by atoms with Crippen molar-refractivity contribution in [1.82, 2.24) is 20.1 Å². The largest absolute Gasteiger partial charge is 0.309 e. The highest BCUT2D eigenvalue weighted by Gasteiger charge is 2.19. The summed E-state index contributed by atoms with van der Waals surface area (Å²) in [6.45, 7) is 7.73. The average molecular weight is 327 g/mol. The molecule has 2 rings (SSSR count). The Labute approximate surface area is 135 Å². The predicted molar refractivity (Wildman–Crippen MR) is 87.0 cm³/mol. The van der Waals surface area contributed by atoms with E-state index < -0.39 is 0 Å². The first kappa shape index (κ1) is 16.3. The van der Waals surface area contributed by atoms with E-state index in [4.69, 9.17) is 23.2 Å². The maximum Gasteiger partial charge on any atom is 0.0847 e. The van der Waals surface area contributed by atoms with Crippen molar-refractivity contribution in [1.29, 1.82) is 0 Å². The summed E-state index contributed by atoms with van der Waals surface area (Å²) in [6.07, 6.45) is 2.42. The fraction of sp³-hybridized carbons (Fsp3) is 0.467. The summed E-state index contributed by atoms with van der Waals surface area (Å²) in [5.41, 5.74) is 2.87. The third kappa shape index (κ3) is 3.76. The van der Waals surface area contributed by atoms with Crippen LogP contribution in [0.25, 0.3) is 0 Å². The van der Waals surface area contributed by atoms with Crippen LogP contribution in [0.3, 0.4) is 0 Å². The monoisotopic (exact) mass is 326 g/mol. The molecule has 114 valence electrons. The molecule has 2 heterocycles. The van der Waals surface area contributed by atoms with Crippen LogP contribution in [0.1, 0.15) is 37.0 Å². The van der Waals surface area contributed by atoms with Crippen LogP contribution in [-0.2, 0) is 13.0 Å². The molecule has 0 saturated carbocycles. The van der Waals surface area contributed by atoms with E-state index in [9.17, 15) is 0 Å². The number of pyridine rings is 1. The van der Waals surface area contributed by atoms with Gasteiger partial charge >= 0.3 is 0 Å². The Morgan fingerprint density at radius 3 is 2.62 bits per heavy atom. The van der Waals surface area contributed by atoms with Gasteiger partial charge in [-0.05, 0) is 32.5 Å². The lowest BCUT2D eigenvalue weighted by atomic mass is 10.1. The number of nitrogens with zero attached hydrogens (tertiary/aromatic N) is 3. The molecule has 0 amide bonds. The van der Waals surface area contributed by atoms with E-state index in [0.717, 1.165) is 41.6 Å². The SMILES string of the molecule is CCNC(Cc1c(Cl)c(C)nn1CC)c1ccc(Cl)cn1. The average Bonchev–Trinajstić information content (AvgIpc) is 2.75. The molecule has 0 saturated heterocycles. The van der Waals surface area contributed by atoms with Crippen molar-refractivity contribution < 1.29 is 0 Å². The zero-order valence-electron chi connectivity index (χ0n) is 12.5. The second kappa shape index (κ2) is 7.25. The third-order valence-electron chi connectivity index (χ3n) is 3.41. The minimum atomic E-state index is 0.0890. The predicted octanol–water partition coefficient (Wildman–Crippen LogP) is 3.81. The number of rotatable bonds is 6. The summed E-state index contributed by atoms with van der Waals surface area (Å²) in [7, 11) is 0. The highest BCUT2D eigenvalue weighted by atomic mass is 35.5. The standard InChI is InChI=1S/C15H20Cl2N4/c1-4-18-13(12-7-6-11(16)9-19-12)8-14-15(17)10(3)20-21(14)5-2/h6-7,9,13,18H,4-5,8H2,1-3H3. The first-order valence-corrected chi connectivity index (χ1v) is 7.89. The van der Waals surface area contributed by atoms with Gasteiger partial charge in [0.15, 0.2) is 0 Å². The Bertz CT molecular complexity index is 592. The molecule has 6 heteroatoms. The minimum absolute atomic E-state index is 0.0890. The van der Waals surface area contributed by atoms with Crippen molar-refractivity contribution in [3.8, 4) is 0 Å². The highest BCUT2D eigenvalue weighted by Crippen LogP contribution is 2.26. The number of nitrogens with one attached hydrogen (secondary N) is 1. The van der Waals surface area contributed by atoms with Crippen molar-refractivity contribution in [3.05, 3.63) is 45.5 Å². The van der Waals surface area contributed by atoms with Gasteiger partial charge in [-0.2, -0.15) is 5.10 Å². The van der Waals surface area contributed by atoms with Crippen molar-refractivity contribution in [2.24, 2.45) is 0 Å². The number of aromatic nitrogens is 3. The van der Waals surface area contributed by atoms with Crippen LogP contribution < -0.4 is 5.32 Å². The maximum atomic E-state index is 6.40. The molecule has 0 aliphatic carbocycles. The Morgan fingerprint density at radius 2 is 2.05 bits per heavy atom. The Morgan fingerprint density at radius 1 is 1.29 bits per heavy atom. The molecule has 0 bridgehead atoms. The van der Waals surface area contributed by atoms with E-state index in [1.165, 1.54) is 0 Å². The number of likely N-dealkylation sites (N-methyl/N-ethyl adjacent to an activating group) is 1. The van der Waals surface area contributed by atoms with E-state index in [-0.39, 0.29) is 6.04 Å². The van der Waals surface area contributed by atoms with Gasteiger partial charge in [-0.15, -0.1) is 0 Å². The quantitative estimate of drug-likeness (QED) is 0.877. The molecule has 0 aliphatic rings. The zero-order chi connectivity index (χ0) is 15.4. The van der Waals surface area contributed by atoms with E-state index >= 15 is 0 Å². The Balaban J connectivity index is 2.30. The number of halogens is 2. The van der Waals surface area contributed by atoms with Crippen LogP contribution in [0.15, 0.2) is 18.3 Å². The first-order chi connectivity index (χ1) is 10.1. The van der Waals surface area contributed by atoms with E-state index in [0.29, 0.717) is 5.02 Å². The summed E-state index contributed by atoms with van der Waals surface area (Å²) in [5.74, 6) is 0. The van der Waals surface area contributed by atoms with Gasteiger partial charge in [0.05, 0.1) is 33.2 Å². The van der Waals surface area contributed by atoms with Crippen molar-refractivity contribution in [2.45, 2.75) is 39.8 Å². The van der Waals surface area contributed by atoms with Crippen molar-refractivity contribution in [2.75, 3.05) is 6.54 Å². The van der Waals surface area contributed by atoms with Gasteiger partial charge < -0.3 is 5.32 Å². The molecule has 0 fully saturated rings. The Hall–Kier alpha value is -1.10. The van der Waals surface area contributed by atoms with Gasteiger partial charge in [0.2, 0.25) is 0 Å². The number of aryl methyl sites for hydroxylation is 2. The number of hydrogen-bond donors (Lipinski definition) is 1. The molecule has 2 aromatic heterocycles. The molecule has 4 nitrogen and oxygen atoms in total. The normalized spacial score (nSPS) is 12.6. The van der Waals surface area contributed by atoms with Gasteiger partial charge in [-0.1, -0.05) is 30.1 Å². The van der Waals surface area contributed by atoms with Gasteiger partial charge in [0.1, 0.15) is 0 Å². The summed E-state index contributed by atoms with van der Waals surface area (Å²) in [5, 5.41) is 9.30. The van der Waals surface area contributed by atoms with Crippen LogP contribution in [-0.4, -0.2) is 21.3 Å². The number of hydrogen-bond acceptors (Lipinski definition) is 3. The minimum Gasteiger partial charge on any atom is -0.309 e. The molecule has 0 spiro atoms. The Kier molecular flexibility index (Phi) is 5.62. The topological polar surface area (TPSA) is 42.7 Å². The maximum absolute atomic E-state index is 6.40. The van der Waals surface area contributed by atoms with Crippen LogP contribution in [0.2, 0.25) is 10.0 Å². The molecule has 1 N–H and O–H groups in total. The molecule has 1 atom stereocenters. The zero-order valence-corrected chi connectivity index (χ0v) is 14.0. The van der Waals surface area contributed by atoms with E-state index in [1.807, 2.05) is 23.7 Å².